The number of carbonyl (C=O) groups is 1. The standard InChI is InChI=1S/C23H15ClI2N2O2/c24-18-8-6-15(7-9-18)14-30-22-20(25)11-16(12-21(22)26)10-17(13-27)23(29)28-19-4-2-1-3-5-19/h1-12H,14H2,(H,28,29). The lowest BCUT2D eigenvalue weighted by Gasteiger charge is -2.12. The summed E-state index contributed by atoms with van der Waals surface area (Å²) in [6, 6.07) is 22.3. The van der Waals surface area contributed by atoms with Crippen LogP contribution in [0.15, 0.2) is 72.3 Å². The predicted octanol–water partition coefficient (Wildman–Crippen LogP) is 6.67. The zero-order valence-corrected chi connectivity index (χ0v) is 20.6. The molecule has 0 atom stereocenters. The van der Waals surface area contributed by atoms with Crippen molar-refractivity contribution in [2.24, 2.45) is 0 Å². The molecule has 0 aliphatic rings. The van der Waals surface area contributed by atoms with E-state index < -0.39 is 5.91 Å². The van der Waals surface area contributed by atoms with Gasteiger partial charge >= 0.3 is 0 Å². The van der Waals surface area contributed by atoms with Gasteiger partial charge in [0, 0.05) is 10.7 Å². The second-order valence-corrected chi connectivity index (χ2v) is 8.98. The molecule has 0 unspecified atom stereocenters. The summed E-state index contributed by atoms with van der Waals surface area (Å²) >= 11 is 10.3. The first-order valence-corrected chi connectivity index (χ1v) is 11.3. The molecular formula is C23H15ClI2N2O2. The summed E-state index contributed by atoms with van der Waals surface area (Å²) in [5.74, 6) is 0.312. The molecule has 1 N–H and O–H groups in total. The SMILES string of the molecule is N#CC(=Cc1cc(I)c(OCc2ccc(Cl)cc2)c(I)c1)C(=O)Nc1ccccc1. The Kier molecular flexibility index (Phi) is 8.13. The molecule has 0 aromatic heterocycles. The molecule has 4 nitrogen and oxygen atoms in total. The van der Waals surface area contributed by atoms with Gasteiger partial charge in [-0.05, 0) is 98.8 Å². The van der Waals surface area contributed by atoms with Crippen LogP contribution in [0.5, 0.6) is 5.75 Å². The van der Waals surface area contributed by atoms with Crippen molar-refractivity contribution >= 4 is 74.5 Å². The number of para-hydroxylation sites is 1. The van der Waals surface area contributed by atoms with Crippen molar-refractivity contribution in [3.05, 3.63) is 95.6 Å². The average molecular weight is 641 g/mol. The third-order valence-corrected chi connectivity index (χ3v) is 5.88. The maximum atomic E-state index is 12.4. The lowest BCUT2D eigenvalue weighted by atomic mass is 10.1. The molecule has 0 aliphatic carbocycles. The van der Waals surface area contributed by atoms with Crippen molar-refractivity contribution in [2.45, 2.75) is 6.61 Å². The van der Waals surface area contributed by atoms with Crippen molar-refractivity contribution in [3.63, 3.8) is 0 Å². The van der Waals surface area contributed by atoms with Crippen LogP contribution in [0.25, 0.3) is 6.08 Å². The third-order valence-electron chi connectivity index (χ3n) is 4.02. The highest BCUT2D eigenvalue weighted by Crippen LogP contribution is 2.30. The number of nitrogens with zero attached hydrogens (tertiary/aromatic N) is 1. The Bertz CT molecular complexity index is 1100. The topological polar surface area (TPSA) is 62.1 Å². The zero-order valence-electron chi connectivity index (χ0n) is 15.5. The second-order valence-electron chi connectivity index (χ2n) is 6.22. The number of hydrogen-bond acceptors (Lipinski definition) is 3. The van der Waals surface area contributed by atoms with Crippen LogP contribution in [-0.2, 0) is 11.4 Å². The third kappa shape index (κ3) is 6.20. The predicted molar refractivity (Wildman–Crippen MR) is 136 cm³/mol. The average Bonchev–Trinajstić information content (AvgIpc) is 2.73. The van der Waals surface area contributed by atoms with Gasteiger partial charge in [0.1, 0.15) is 24.0 Å². The van der Waals surface area contributed by atoms with Crippen LogP contribution in [0.4, 0.5) is 5.69 Å². The summed E-state index contributed by atoms with van der Waals surface area (Å²) in [5.41, 5.74) is 2.43. The maximum absolute atomic E-state index is 12.4. The first-order valence-electron chi connectivity index (χ1n) is 8.81. The van der Waals surface area contributed by atoms with Gasteiger partial charge in [0.25, 0.3) is 5.91 Å². The molecule has 1 amide bonds. The monoisotopic (exact) mass is 640 g/mol. The molecule has 0 spiro atoms. The van der Waals surface area contributed by atoms with Gasteiger partial charge in [0.05, 0.1) is 7.14 Å². The number of rotatable bonds is 6. The Morgan fingerprint density at radius 2 is 1.70 bits per heavy atom. The number of amides is 1. The molecule has 3 aromatic carbocycles. The Morgan fingerprint density at radius 1 is 1.07 bits per heavy atom. The van der Waals surface area contributed by atoms with E-state index in [4.69, 9.17) is 16.3 Å². The Labute approximate surface area is 207 Å². The summed E-state index contributed by atoms with van der Waals surface area (Å²) in [4.78, 5) is 12.4. The molecule has 3 aromatic rings. The molecule has 7 heteroatoms. The number of nitriles is 1. The summed E-state index contributed by atoms with van der Waals surface area (Å²) < 4.78 is 7.76. The summed E-state index contributed by atoms with van der Waals surface area (Å²) in [6.07, 6.45) is 1.57. The van der Waals surface area contributed by atoms with Crippen molar-refractivity contribution < 1.29 is 9.53 Å². The highest BCUT2D eigenvalue weighted by molar-refractivity contribution is 14.1. The van der Waals surface area contributed by atoms with Crippen LogP contribution in [0.1, 0.15) is 11.1 Å². The van der Waals surface area contributed by atoms with Crippen LogP contribution >= 0.6 is 56.8 Å². The lowest BCUT2D eigenvalue weighted by Crippen LogP contribution is -2.13. The fraction of sp³-hybridized carbons (Fsp3) is 0.0435. The number of anilines is 1. The molecule has 0 heterocycles. The van der Waals surface area contributed by atoms with Crippen molar-refractivity contribution in [3.8, 4) is 11.8 Å². The number of hydrogen-bond donors (Lipinski definition) is 1. The Hall–Kier alpha value is -2.09. The second kappa shape index (κ2) is 10.8. The van der Waals surface area contributed by atoms with E-state index in [1.807, 2.05) is 60.7 Å². The molecule has 150 valence electrons. The summed E-state index contributed by atoms with van der Waals surface area (Å²) in [7, 11) is 0. The highest BCUT2D eigenvalue weighted by Gasteiger charge is 2.13. The Balaban J connectivity index is 1.76. The number of halogens is 3. The van der Waals surface area contributed by atoms with E-state index in [9.17, 15) is 10.1 Å². The van der Waals surface area contributed by atoms with Crippen LogP contribution in [0, 0.1) is 18.5 Å². The van der Waals surface area contributed by atoms with Gasteiger partial charge in [-0.1, -0.05) is 41.9 Å². The maximum Gasteiger partial charge on any atom is 0.266 e. The summed E-state index contributed by atoms with van der Waals surface area (Å²) in [5, 5.41) is 12.9. The lowest BCUT2D eigenvalue weighted by molar-refractivity contribution is -0.112. The van der Waals surface area contributed by atoms with Crippen LogP contribution in [0.2, 0.25) is 5.02 Å². The van der Waals surface area contributed by atoms with E-state index in [1.54, 1.807) is 18.2 Å². The minimum absolute atomic E-state index is 0.0280. The number of nitrogens with one attached hydrogen (secondary N) is 1. The number of ether oxygens (including phenoxy) is 1. The molecule has 0 bridgehead atoms. The van der Waals surface area contributed by atoms with Gasteiger partial charge in [0.2, 0.25) is 0 Å². The van der Waals surface area contributed by atoms with E-state index >= 15 is 0 Å². The summed E-state index contributed by atoms with van der Waals surface area (Å²) in [6.45, 7) is 0.418. The van der Waals surface area contributed by atoms with Gasteiger partial charge in [-0.2, -0.15) is 5.26 Å². The van der Waals surface area contributed by atoms with Crippen molar-refractivity contribution in [1.29, 1.82) is 5.26 Å². The zero-order chi connectivity index (χ0) is 21.5. The molecular weight excluding hydrogens is 626 g/mol. The fourth-order valence-electron chi connectivity index (χ4n) is 2.57. The van der Waals surface area contributed by atoms with E-state index in [0.29, 0.717) is 17.3 Å². The fourth-order valence-corrected chi connectivity index (χ4v) is 4.83. The van der Waals surface area contributed by atoms with Gasteiger partial charge in [-0.15, -0.1) is 0 Å². The first-order chi connectivity index (χ1) is 14.5. The van der Waals surface area contributed by atoms with Gasteiger partial charge in [-0.3, -0.25) is 4.79 Å². The molecule has 30 heavy (non-hydrogen) atoms. The first kappa shape index (κ1) is 22.6. The van der Waals surface area contributed by atoms with Crippen LogP contribution in [0.3, 0.4) is 0 Å². The number of benzene rings is 3. The van der Waals surface area contributed by atoms with Gasteiger partial charge in [-0.25, -0.2) is 0 Å². The van der Waals surface area contributed by atoms with E-state index in [0.717, 1.165) is 24.0 Å². The normalized spacial score (nSPS) is 10.9. The van der Waals surface area contributed by atoms with Crippen molar-refractivity contribution in [1.82, 2.24) is 0 Å². The quantitative estimate of drug-likeness (QED) is 0.186. The van der Waals surface area contributed by atoms with Crippen LogP contribution in [-0.4, -0.2) is 5.91 Å². The van der Waals surface area contributed by atoms with Crippen LogP contribution < -0.4 is 10.1 Å². The van der Waals surface area contributed by atoms with E-state index in [-0.39, 0.29) is 5.57 Å². The molecule has 0 saturated carbocycles. The van der Waals surface area contributed by atoms with E-state index in [1.165, 1.54) is 0 Å². The Morgan fingerprint density at radius 3 is 2.30 bits per heavy atom. The van der Waals surface area contributed by atoms with Crippen molar-refractivity contribution in [2.75, 3.05) is 5.32 Å². The highest BCUT2D eigenvalue weighted by atomic mass is 127. The molecule has 0 saturated heterocycles. The molecule has 0 radical (unpaired) electrons. The molecule has 0 aliphatic heterocycles. The minimum Gasteiger partial charge on any atom is -0.487 e. The van der Waals surface area contributed by atoms with Gasteiger partial charge in [0.15, 0.2) is 0 Å². The number of carbonyl (C=O) groups excluding carboxylic acids is 1. The van der Waals surface area contributed by atoms with E-state index in [2.05, 4.69) is 50.5 Å². The minimum atomic E-state index is -0.447. The smallest absolute Gasteiger partial charge is 0.266 e. The molecule has 0 fully saturated rings. The largest absolute Gasteiger partial charge is 0.487 e. The molecule has 3 rings (SSSR count). The van der Waals surface area contributed by atoms with Gasteiger partial charge < -0.3 is 10.1 Å².